The fourth-order valence-electron chi connectivity index (χ4n) is 2.98. The lowest BCUT2D eigenvalue weighted by molar-refractivity contribution is 0.186. The smallest absolute Gasteiger partial charge is 0.140 e. The fraction of sp³-hybridized carbons (Fsp3) is 0.438. The Morgan fingerprint density at radius 2 is 2.10 bits per heavy atom. The Morgan fingerprint density at radius 1 is 1.30 bits per heavy atom. The van der Waals surface area contributed by atoms with E-state index in [2.05, 4.69) is 27.6 Å². The van der Waals surface area contributed by atoms with Crippen molar-refractivity contribution in [1.82, 2.24) is 14.5 Å². The molecule has 1 saturated heterocycles. The van der Waals surface area contributed by atoms with Crippen molar-refractivity contribution >= 4 is 11.6 Å². The first kappa shape index (κ1) is 13.7. The largest absolute Gasteiger partial charge is 0.327 e. The highest BCUT2D eigenvalue weighted by Gasteiger charge is 2.22. The molecule has 0 radical (unpaired) electrons. The van der Waals surface area contributed by atoms with Gasteiger partial charge in [0.25, 0.3) is 0 Å². The number of aromatic nitrogens is 2. The number of likely N-dealkylation sites (tertiary alicyclic amines) is 1. The topological polar surface area (TPSA) is 21.1 Å². The Hall–Kier alpha value is -1.32. The number of hydrogen-bond donors (Lipinski definition) is 0. The van der Waals surface area contributed by atoms with Gasteiger partial charge in [-0.3, -0.25) is 0 Å². The third kappa shape index (κ3) is 2.74. The van der Waals surface area contributed by atoms with Gasteiger partial charge in [0, 0.05) is 35.6 Å². The van der Waals surface area contributed by atoms with E-state index in [9.17, 15) is 0 Å². The van der Waals surface area contributed by atoms with Gasteiger partial charge in [0.1, 0.15) is 5.82 Å². The third-order valence-corrected chi connectivity index (χ3v) is 4.34. The Labute approximate surface area is 125 Å². The Bertz CT molecular complexity index is 561. The Kier molecular flexibility index (Phi) is 4.08. The summed E-state index contributed by atoms with van der Waals surface area (Å²) >= 11 is 5.97. The van der Waals surface area contributed by atoms with E-state index in [0.29, 0.717) is 6.04 Å². The quantitative estimate of drug-likeness (QED) is 0.855. The molecule has 106 valence electrons. The number of imidazole rings is 1. The number of halogens is 1. The zero-order valence-electron chi connectivity index (χ0n) is 11.8. The number of benzene rings is 1. The monoisotopic (exact) mass is 289 g/mol. The first-order chi connectivity index (χ1) is 9.78. The maximum atomic E-state index is 5.97. The number of nitrogens with zero attached hydrogens (tertiary/aromatic N) is 3. The molecular weight excluding hydrogens is 270 g/mol. The predicted molar refractivity (Wildman–Crippen MR) is 83.1 cm³/mol. The van der Waals surface area contributed by atoms with E-state index < -0.39 is 0 Å². The van der Waals surface area contributed by atoms with Gasteiger partial charge in [-0.05, 0) is 50.2 Å². The third-order valence-electron chi connectivity index (χ3n) is 4.09. The van der Waals surface area contributed by atoms with E-state index in [0.717, 1.165) is 29.5 Å². The van der Waals surface area contributed by atoms with Gasteiger partial charge in [0.2, 0.25) is 0 Å². The van der Waals surface area contributed by atoms with E-state index >= 15 is 0 Å². The van der Waals surface area contributed by atoms with Gasteiger partial charge in [0.15, 0.2) is 0 Å². The number of rotatable bonds is 3. The summed E-state index contributed by atoms with van der Waals surface area (Å²) in [6, 6.07) is 8.46. The van der Waals surface area contributed by atoms with Crippen LogP contribution in [0.25, 0.3) is 11.4 Å². The molecule has 0 saturated carbocycles. The van der Waals surface area contributed by atoms with Gasteiger partial charge in [-0.25, -0.2) is 4.98 Å². The summed E-state index contributed by atoms with van der Waals surface area (Å²) in [4.78, 5) is 7.06. The molecule has 0 amide bonds. The lowest BCUT2D eigenvalue weighted by Gasteiger charge is -2.33. The molecule has 0 aliphatic carbocycles. The van der Waals surface area contributed by atoms with E-state index in [1.54, 1.807) is 0 Å². The molecule has 1 atom stereocenters. The van der Waals surface area contributed by atoms with Crippen LogP contribution in [0.4, 0.5) is 0 Å². The molecule has 1 aromatic carbocycles. The highest BCUT2D eigenvalue weighted by atomic mass is 35.5. The van der Waals surface area contributed by atoms with Gasteiger partial charge in [-0.1, -0.05) is 18.5 Å². The Balaban J connectivity index is 1.88. The van der Waals surface area contributed by atoms with Gasteiger partial charge >= 0.3 is 0 Å². The van der Waals surface area contributed by atoms with Crippen LogP contribution in [-0.4, -0.2) is 34.1 Å². The zero-order valence-corrected chi connectivity index (χ0v) is 12.6. The Morgan fingerprint density at radius 3 is 2.85 bits per heavy atom. The standard InChI is InChI=1S/C16H20ClN3/c1-2-19-10-3-4-15(12-19)20-11-9-18-16(20)13-5-7-14(17)8-6-13/h5-9,11,15H,2-4,10,12H2,1H3. The van der Waals surface area contributed by atoms with Crippen LogP contribution in [0, 0.1) is 0 Å². The minimum atomic E-state index is 0.525. The van der Waals surface area contributed by atoms with Crippen LogP contribution in [-0.2, 0) is 0 Å². The second-order valence-corrected chi connectivity index (χ2v) is 5.79. The maximum Gasteiger partial charge on any atom is 0.140 e. The lowest BCUT2D eigenvalue weighted by Crippen LogP contribution is -2.36. The van der Waals surface area contributed by atoms with Crippen LogP contribution in [0.1, 0.15) is 25.8 Å². The molecule has 1 unspecified atom stereocenters. The van der Waals surface area contributed by atoms with E-state index in [1.165, 1.54) is 19.4 Å². The van der Waals surface area contributed by atoms with Crippen LogP contribution < -0.4 is 0 Å². The molecule has 2 heterocycles. The molecule has 1 aliphatic rings. The summed E-state index contributed by atoms with van der Waals surface area (Å²) in [6.07, 6.45) is 6.49. The van der Waals surface area contributed by atoms with Crippen LogP contribution in [0.15, 0.2) is 36.7 Å². The minimum Gasteiger partial charge on any atom is -0.327 e. The van der Waals surface area contributed by atoms with Crippen LogP contribution in [0.5, 0.6) is 0 Å². The van der Waals surface area contributed by atoms with Gasteiger partial charge in [-0.15, -0.1) is 0 Å². The van der Waals surface area contributed by atoms with Crippen molar-refractivity contribution in [2.24, 2.45) is 0 Å². The van der Waals surface area contributed by atoms with Gasteiger partial charge < -0.3 is 9.47 Å². The lowest BCUT2D eigenvalue weighted by atomic mass is 10.0. The summed E-state index contributed by atoms with van der Waals surface area (Å²) < 4.78 is 2.32. The highest BCUT2D eigenvalue weighted by Crippen LogP contribution is 2.27. The molecule has 0 bridgehead atoms. The molecule has 0 spiro atoms. The van der Waals surface area contributed by atoms with Crippen molar-refractivity contribution in [3.63, 3.8) is 0 Å². The molecule has 3 rings (SSSR count). The number of hydrogen-bond acceptors (Lipinski definition) is 2. The molecule has 20 heavy (non-hydrogen) atoms. The maximum absolute atomic E-state index is 5.97. The van der Waals surface area contributed by atoms with E-state index in [4.69, 9.17) is 11.6 Å². The minimum absolute atomic E-state index is 0.525. The van der Waals surface area contributed by atoms with Crippen molar-refractivity contribution in [2.45, 2.75) is 25.8 Å². The van der Waals surface area contributed by atoms with Crippen molar-refractivity contribution in [1.29, 1.82) is 0 Å². The normalized spacial score (nSPS) is 20.2. The summed E-state index contributed by atoms with van der Waals surface area (Å²) in [6.45, 7) is 5.70. The average Bonchev–Trinajstić information content (AvgIpc) is 2.97. The van der Waals surface area contributed by atoms with E-state index in [-0.39, 0.29) is 0 Å². The number of likely N-dealkylation sites (N-methyl/N-ethyl adjacent to an activating group) is 1. The summed E-state index contributed by atoms with van der Waals surface area (Å²) in [5.74, 6) is 1.05. The molecule has 2 aromatic rings. The first-order valence-electron chi connectivity index (χ1n) is 7.29. The summed E-state index contributed by atoms with van der Waals surface area (Å²) in [5, 5.41) is 0.765. The van der Waals surface area contributed by atoms with Crippen molar-refractivity contribution in [3.05, 3.63) is 41.7 Å². The molecular formula is C16H20ClN3. The molecule has 3 nitrogen and oxygen atoms in total. The van der Waals surface area contributed by atoms with Crippen LogP contribution in [0.2, 0.25) is 5.02 Å². The highest BCUT2D eigenvalue weighted by molar-refractivity contribution is 6.30. The predicted octanol–water partition coefficient (Wildman–Crippen LogP) is 3.86. The SMILES string of the molecule is CCN1CCCC(n2ccnc2-c2ccc(Cl)cc2)C1. The van der Waals surface area contributed by atoms with Crippen molar-refractivity contribution in [2.75, 3.05) is 19.6 Å². The zero-order chi connectivity index (χ0) is 13.9. The molecule has 1 aromatic heterocycles. The molecule has 1 aliphatic heterocycles. The first-order valence-corrected chi connectivity index (χ1v) is 7.67. The van der Waals surface area contributed by atoms with Crippen molar-refractivity contribution < 1.29 is 0 Å². The average molecular weight is 290 g/mol. The van der Waals surface area contributed by atoms with Gasteiger partial charge in [-0.2, -0.15) is 0 Å². The molecule has 4 heteroatoms. The van der Waals surface area contributed by atoms with Crippen LogP contribution in [0.3, 0.4) is 0 Å². The molecule has 1 fully saturated rings. The molecule has 0 N–H and O–H groups in total. The van der Waals surface area contributed by atoms with E-state index in [1.807, 2.05) is 30.5 Å². The fourth-order valence-corrected chi connectivity index (χ4v) is 3.10. The number of piperidine rings is 1. The van der Waals surface area contributed by atoms with Crippen LogP contribution >= 0.6 is 11.6 Å². The van der Waals surface area contributed by atoms with Crippen molar-refractivity contribution in [3.8, 4) is 11.4 Å². The summed E-state index contributed by atoms with van der Waals surface area (Å²) in [7, 11) is 0. The van der Waals surface area contributed by atoms with Gasteiger partial charge in [0.05, 0.1) is 0 Å². The second kappa shape index (κ2) is 5.98. The second-order valence-electron chi connectivity index (χ2n) is 5.35. The summed E-state index contributed by atoms with van der Waals surface area (Å²) in [5.41, 5.74) is 1.13.